The summed E-state index contributed by atoms with van der Waals surface area (Å²) in [5.74, 6) is 1.36. The molecular weight excluding hydrogens is 362 g/mol. The fourth-order valence-electron chi connectivity index (χ4n) is 4.04. The van der Waals surface area contributed by atoms with Gasteiger partial charge in [0, 0.05) is 11.4 Å². The third-order valence-electron chi connectivity index (χ3n) is 6.02. The average molecular weight is 397 g/mol. The molecule has 1 atom stereocenters. The zero-order valence-corrected chi connectivity index (χ0v) is 18.3. The molecule has 0 radical (unpaired) electrons. The Morgan fingerprint density at radius 1 is 1.07 bits per heavy atom. The van der Waals surface area contributed by atoms with Gasteiger partial charge in [-0.25, -0.2) is 0 Å². The lowest BCUT2D eigenvalue weighted by atomic mass is 9.98. The van der Waals surface area contributed by atoms with Crippen molar-refractivity contribution in [2.45, 2.75) is 39.7 Å². The SMILES string of the molecule is COc1ccc(N2CC[NH+]([C@H](C)C(=O)Nc3c(C)cccc3C(C)C)CC2)cc1. The minimum absolute atomic E-state index is 0.0763. The van der Waals surface area contributed by atoms with Gasteiger partial charge in [-0.2, -0.15) is 0 Å². The zero-order valence-electron chi connectivity index (χ0n) is 18.3. The first-order valence-electron chi connectivity index (χ1n) is 10.5. The molecule has 5 heteroatoms. The Kier molecular flexibility index (Phi) is 6.80. The van der Waals surface area contributed by atoms with Crippen LogP contribution >= 0.6 is 0 Å². The molecule has 3 rings (SSSR count). The van der Waals surface area contributed by atoms with E-state index >= 15 is 0 Å². The number of carbonyl (C=O) groups is 1. The predicted octanol–water partition coefficient (Wildman–Crippen LogP) is 2.86. The van der Waals surface area contributed by atoms with Gasteiger partial charge >= 0.3 is 0 Å². The first-order chi connectivity index (χ1) is 13.9. The first kappa shape index (κ1) is 21.2. The number of nitrogens with zero attached hydrogens (tertiary/aromatic N) is 1. The number of rotatable bonds is 6. The normalized spacial score (nSPS) is 16.0. The summed E-state index contributed by atoms with van der Waals surface area (Å²) in [6.45, 7) is 12.2. The van der Waals surface area contributed by atoms with Gasteiger partial charge in [-0.3, -0.25) is 4.79 Å². The largest absolute Gasteiger partial charge is 0.497 e. The highest BCUT2D eigenvalue weighted by Crippen LogP contribution is 2.27. The zero-order chi connectivity index (χ0) is 21.0. The fraction of sp³-hybridized carbons (Fsp3) is 0.458. The van der Waals surface area contributed by atoms with Crippen molar-refractivity contribution in [1.29, 1.82) is 0 Å². The van der Waals surface area contributed by atoms with E-state index in [0.717, 1.165) is 43.2 Å². The van der Waals surface area contributed by atoms with E-state index in [0.29, 0.717) is 5.92 Å². The molecule has 2 aromatic carbocycles. The van der Waals surface area contributed by atoms with Gasteiger partial charge in [-0.15, -0.1) is 0 Å². The summed E-state index contributed by atoms with van der Waals surface area (Å²) >= 11 is 0. The van der Waals surface area contributed by atoms with Gasteiger partial charge in [-0.05, 0) is 55.2 Å². The Morgan fingerprint density at radius 2 is 1.72 bits per heavy atom. The van der Waals surface area contributed by atoms with Crippen LogP contribution < -0.4 is 19.9 Å². The summed E-state index contributed by atoms with van der Waals surface area (Å²) in [5, 5.41) is 3.23. The average Bonchev–Trinajstić information content (AvgIpc) is 2.74. The monoisotopic (exact) mass is 396 g/mol. The quantitative estimate of drug-likeness (QED) is 0.789. The molecule has 0 unspecified atom stereocenters. The number of aryl methyl sites for hydroxylation is 1. The molecule has 1 aliphatic rings. The number of anilines is 2. The second kappa shape index (κ2) is 9.31. The maximum atomic E-state index is 13.0. The van der Waals surface area contributed by atoms with Crippen LogP contribution in [-0.4, -0.2) is 45.2 Å². The van der Waals surface area contributed by atoms with Gasteiger partial charge < -0.3 is 19.9 Å². The van der Waals surface area contributed by atoms with E-state index in [1.807, 2.05) is 19.1 Å². The molecule has 0 aromatic heterocycles. The molecule has 2 aromatic rings. The highest BCUT2D eigenvalue weighted by Gasteiger charge is 2.30. The molecule has 29 heavy (non-hydrogen) atoms. The van der Waals surface area contributed by atoms with Crippen molar-refractivity contribution in [3.8, 4) is 5.75 Å². The van der Waals surface area contributed by atoms with Crippen molar-refractivity contribution in [1.82, 2.24) is 0 Å². The van der Waals surface area contributed by atoms with Crippen LogP contribution in [0.2, 0.25) is 0 Å². The number of piperazine rings is 1. The van der Waals surface area contributed by atoms with E-state index < -0.39 is 0 Å². The lowest BCUT2D eigenvalue weighted by molar-refractivity contribution is -0.914. The van der Waals surface area contributed by atoms with Crippen LogP contribution in [0, 0.1) is 6.92 Å². The van der Waals surface area contributed by atoms with Gasteiger partial charge in [-0.1, -0.05) is 32.0 Å². The van der Waals surface area contributed by atoms with Crippen LogP contribution in [-0.2, 0) is 4.79 Å². The molecule has 1 aliphatic heterocycles. The third-order valence-corrected chi connectivity index (χ3v) is 6.02. The smallest absolute Gasteiger partial charge is 0.282 e. The summed E-state index contributed by atoms with van der Waals surface area (Å²) in [4.78, 5) is 16.7. The molecule has 0 aliphatic carbocycles. The molecular formula is C24H34N3O2+. The number of hydrogen-bond donors (Lipinski definition) is 2. The number of carbonyl (C=O) groups excluding carboxylic acids is 1. The van der Waals surface area contributed by atoms with Crippen molar-refractivity contribution >= 4 is 17.3 Å². The molecule has 1 fully saturated rings. The Balaban J connectivity index is 1.60. The topological polar surface area (TPSA) is 46.0 Å². The van der Waals surface area contributed by atoms with Gasteiger partial charge in [0.05, 0.1) is 33.3 Å². The van der Waals surface area contributed by atoms with Gasteiger partial charge in [0.2, 0.25) is 0 Å². The van der Waals surface area contributed by atoms with Crippen LogP contribution in [0.5, 0.6) is 5.75 Å². The third kappa shape index (κ3) is 4.91. The van der Waals surface area contributed by atoms with Crippen molar-refractivity contribution in [2.75, 3.05) is 43.5 Å². The molecule has 5 nitrogen and oxygen atoms in total. The number of benzene rings is 2. The maximum Gasteiger partial charge on any atom is 0.282 e. The predicted molar refractivity (Wildman–Crippen MR) is 119 cm³/mol. The van der Waals surface area contributed by atoms with Crippen molar-refractivity contribution in [2.24, 2.45) is 0 Å². The number of methoxy groups -OCH3 is 1. The van der Waals surface area contributed by atoms with Crippen molar-refractivity contribution in [3.63, 3.8) is 0 Å². The standard InChI is InChI=1S/C24H33N3O2/c1-17(2)22-8-6-7-18(3)23(22)25-24(28)19(4)26-13-15-27(16-14-26)20-9-11-21(29-5)12-10-20/h6-12,17,19H,13-16H2,1-5H3,(H,25,28)/p+1/t19-/m1/s1. The lowest BCUT2D eigenvalue weighted by Gasteiger charge is -2.36. The minimum atomic E-state index is -0.0763. The summed E-state index contributed by atoms with van der Waals surface area (Å²) < 4.78 is 5.24. The lowest BCUT2D eigenvalue weighted by Crippen LogP contribution is -3.19. The van der Waals surface area contributed by atoms with Gasteiger partial charge in [0.1, 0.15) is 5.75 Å². The van der Waals surface area contributed by atoms with Crippen LogP contribution in [0.25, 0.3) is 0 Å². The maximum absolute atomic E-state index is 13.0. The number of hydrogen-bond acceptors (Lipinski definition) is 3. The number of nitrogens with one attached hydrogen (secondary N) is 2. The van der Waals surface area contributed by atoms with Crippen LogP contribution in [0.4, 0.5) is 11.4 Å². The number of ether oxygens (including phenoxy) is 1. The van der Waals surface area contributed by atoms with Gasteiger partial charge in [0.25, 0.3) is 5.91 Å². The second-order valence-electron chi connectivity index (χ2n) is 8.25. The Hall–Kier alpha value is -2.53. The Labute approximate surface area is 174 Å². The van der Waals surface area contributed by atoms with E-state index in [9.17, 15) is 4.79 Å². The molecule has 1 amide bonds. The van der Waals surface area contributed by atoms with E-state index in [-0.39, 0.29) is 11.9 Å². The summed E-state index contributed by atoms with van der Waals surface area (Å²) in [7, 11) is 1.69. The van der Waals surface area contributed by atoms with E-state index in [4.69, 9.17) is 4.74 Å². The highest BCUT2D eigenvalue weighted by atomic mass is 16.5. The Bertz CT molecular complexity index is 825. The molecule has 0 saturated carbocycles. The van der Waals surface area contributed by atoms with Gasteiger partial charge in [0.15, 0.2) is 6.04 Å². The van der Waals surface area contributed by atoms with Crippen molar-refractivity contribution < 1.29 is 14.4 Å². The molecule has 0 bridgehead atoms. The van der Waals surface area contributed by atoms with E-state index in [2.05, 4.69) is 61.3 Å². The van der Waals surface area contributed by atoms with E-state index in [1.54, 1.807) is 7.11 Å². The van der Waals surface area contributed by atoms with Crippen molar-refractivity contribution in [3.05, 3.63) is 53.6 Å². The molecule has 0 spiro atoms. The minimum Gasteiger partial charge on any atom is -0.497 e. The fourth-order valence-corrected chi connectivity index (χ4v) is 4.04. The first-order valence-corrected chi connectivity index (χ1v) is 10.5. The molecule has 1 saturated heterocycles. The van der Waals surface area contributed by atoms with Crippen LogP contribution in [0.15, 0.2) is 42.5 Å². The van der Waals surface area contributed by atoms with Crippen LogP contribution in [0.1, 0.15) is 37.8 Å². The Morgan fingerprint density at radius 3 is 2.31 bits per heavy atom. The number of amides is 1. The highest BCUT2D eigenvalue weighted by molar-refractivity contribution is 5.95. The summed E-state index contributed by atoms with van der Waals surface area (Å²) in [6, 6.07) is 14.4. The van der Waals surface area contributed by atoms with E-state index in [1.165, 1.54) is 16.2 Å². The molecule has 156 valence electrons. The number of quaternary nitrogens is 1. The second-order valence-corrected chi connectivity index (χ2v) is 8.25. The van der Waals surface area contributed by atoms with Crippen LogP contribution in [0.3, 0.4) is 0 Å². The summed E-state index contributed by atoms with van der Waals surface area (Å²) in [6.07, 6.45) is 0. The summed E-state index contributed by atoms with van der Waals surface area (Å²) in [5.41, 5.74) is 4.51. The molecule has 2 N–H and O–H groups in total. The molecule has 1 heterocycles. The number of para-hydroxylation sites is 1.